The lowest BCUT2D eigenvalue weighted by Gasteiger charge is -2.32. The zero-order chi connectivity index (χ0) is 14.1. The number of aromatic nitrogens is 3. The highest BCUT2D eigenvalue weighted by Gasteiger charge is 2.42. The minimum atomic E-state index is -0.334. The number of nitrogens with zero attached hydrogens (tertiary/aromatic N) is 4. The number of hydrogen-bond acceptors (Lipinski definition) is 4. The second-order valence-electron chi connectivity index (χ2n) is 5.48. The van der Waals surface area contributed by atoms with E-state index in [-0.39, 0.29) is 24.4 Å². The Bertz CT molecular complexity index is 523. The number of carbonyl (C=O) groups is 2. The van der Waals surface area contributed by atoms with Crippen LogP contribution in [0.2, 0.25) is 0 Å². The molecule has 1 N–H and O–H groups in total. The van der Waals surface area contributed by atoms with Crippen molar-refractivity contribution in [1.29, 1.82) is 0 Å². The summed E-state index contributed by atoms with van der Waals surface area (Å²) in [5, 5.41) is 6.95. The number of carbonyl (C=O) groups excluding carboxylic acids is 2. The van der Waals surface area contributed by atoms with E-state index in [0.717, 1.165) is 31.6 Å². The SMILES string of the molecule is CCCn1ncnc1CN1CC(=O)NC(C2CC2)C1=O. The third-order valence-corrected chi connectivity index (χ3v) is 3.79. The second kappa shape index (κ2) is 5.22. The highest BCUT2D eigenvalue weighted by atomic mass is 16.2. The molecule has 1 saturated carbocycles. The predicted octanol–water partition coefficient (Wildman–Crippen LogP) is -0.0749. The number of piperazine rings is 1. The Hall–Kier alpha value is -1.92. The van der Waals surface area contributed by atoms with E-state index in [1.807, 2.05) is 0 Å². The smallest absolute Gasteiger partial charge is 0.246 e. The van der Waals surface area contributed by atoms with Crippen LogP contribution in [0.1, 0.15) is 32.0 Å². The Morgan fingerprint density at radius 3 is 2.90 bits per heavy atom. The topological polar surface area (TPSA) is 80.1 Å². The lowest BCUT2D eigenvalue weighted by Crippen LogP contribution is -2.58. The molecule has 2 heterocycles. The summed E-state index contributed by atoms with van der Waals surface area (Å²) in [6, 6.07) is -0.334. The van der Waals surface area contributed by atoms with E-state index in [9.17, 15) is 9.59 Å². The van der Waals surface area contributed by atoms with Crippen molar-refractivity contribution in [3.8, 4) is 0 Å². The van der Waals surface area contributed by atoms with Gasteiger partial charge >= 0.3 is 0 Å². The molecular weight excluding hydrogens is 258 g/mol. The van der Waals surface area contributed by atoms with Gasteiger partial charge in [0.2, 0.25) is 11.8 Å². The van der Waals surface area contributed by atoms with Gasteiger partial charge in [-0.2, -0.15) is 5.10 Å². The Balaban J connectivity index is 1.73. The molecule has 3 rings (SSSR count). The van der Waals surface area contributed by atoms with Crippen LogP contribution < -0.4 is 5.32 Å². The average Bonchev–Trinajstić information content (AvgIpc) is 3.17. The first-order chi connectivity index (χ1) is 9.69. The van der Waals surface area contributed by atoms with Crippen LogP contribution >= 0.6 is 0 Å². The Labute approximate surface area is 117 Å². The zero-order valence-corrected chi connectivity index (χ0v) is 11.6. The maximum atomic E-state index is 12.4. The third kappa shape index (κ3) is 2.52. The normalized spacial score (nSPS) is 23.1. The fourth-order valence-electron chi connectivity index (χ4n) is 2.59. The molecule has 0 aromatic carbocycles. The summed E-state index contributed by atoms with van der Waals surface area (Å²) in [7, 11) is 0. The minimum absolute atomic E-state index is 0.0122. The molecule has 7 heteroatoms. The van der Waals surface area contributed by atoms with E-state index in [2.05, 4.69) is 22.3 Å². The quantitative estimate of drug-likeness (QED) is 0.816. The zero-order valence-electron chi connectivity index (χ0n) is 11.6. The fraction of sp³-hybridized carbons (Fsp3) is 0.692. The van der Waals surface area contributed by atoms with Gasteiger partial charge in [-0.05, 0) is 25.2 Å². The van der Waals surface area contributed by atoms with Gasteiger partial charge in [0, 0.05) is 6.54 Å². The summed E-state index contributed by atoms with van der Waals surface area (Å²) >= 11 is 0. The molecule has 1 aliphatic heterocycles. The van der Waals surface area contributed by atoms with Crippen molar-refractivity contribution in [2.75, 3.05) is 6.54 Å². The molecule has 1 saturated heterocycles. The van der Waals surface area contributed by atoms with E-state index >= 15 is 0 Å². The summed E-state index contributed by atoms with van der Waals surface area (Å²) in [6.07, 6.45) is 4.50. The Morgan fingerprint density at radius 1 is 1.40 bits per heavy atom. The maximum Gasteiger partial charge on any atom is 0.246 e. The molecule has 7 nitrogen and oxygen atoms in total. The van der Waals surface area contributed by atoms with Crippen LogP contribution in [-0.4, -0.2) is 44.1 Å². The van der Waals surface area contributed by atoms with Crippen LogP contribution in [0.15, 0.2) is 6.33 Å². The molecule has 1 unspecified atom stereocenters. The van der Waals surface area contributed by atoms with Gasteiger partial charge < -0.3 is 10.2 Å². The van der Waals surface area contributed by atoms with Gasteiger partial charge in [-0.25, -0.2) is 9.67 Å². The molecule has 1 aromatic rings. The van der Waals surface area contributed by atoms with E-state index in [0.29, 0.717) is 12.5 Å². The fourth-order valence-corrected chi connectivity index (χ4v) is 2.59. The minimum Gasteiger partial charge on any atom is -0.342 e. The van der Waals surface area contributed by atoms with Crippen molar-refractivity contribution in [2.45, 2.75) is 45.3 Å². The average molecular weight is 277 g/mol. The Morgan fingerprint density at radius 2 is 2.20 bits per heavy atom. The van der Waals surface area contributed by atoms with Crippen LogP contribution in [-0.2, 0) is 22.7 Å². The molecule has 1 aliphatic carbocycles. The first-order valence-electron chi connectivity index (χ1n) is 7.14. The lowest BCUT2D eigenvalue weighted by atomic mass is 10.1. The third-order valence-electron chi connectivity index (χ3n) is 3.79. The largest absolute Gasteiger partial charge is 0.342 e. The lowest BCUT2D eigenvalue weighted by molar-refractivity contribution is -0.145. The molecular formula is C13H19N5O2. The number of aryl methyl sites for hydroxylation is 1. The van der Waals surface area contributed by atoms with Crippen molar-refractivity contribution in [3.05, 3.63) is 12.2 Å². The summed E-state index contributed by atoms with van der Waals surface area (Å²) in [5.74, 6) is 0.994. The van der Waals surface area contributed by atoms with Crippen LogP contribution in [0.4, 0.5) is 0 Å². The summed E-state index contributed by atoms with van der Waals surface area (Å²) in [4.78, 5) is 30.0. The molecule has 0 spiro atoms. The molecule has 0 radical (unpaired) electrons. The molecule has 20 heavy (non-hydrogen) atoms. The molecule has 108 valence electrons. The molecule has 2 fully saturated rings. The molecule has 2 aliphatic rings. The van der Waals surface area contributed by atoms with Gasteiger partial charge in [-0.3, -0.25) is 9.59 Å². The van der Waals surface area contributed by atoms with E-state index in [1.165, 1.54) is 6.33 Å². The van der Waals surface area contributed by atoms with Crippen molar-refractivity contribution in [3.63, 3.8) is 0 Å². The summed E-state index contributed by atoms with van der Waals surface area (Å²) < 4.78 is 1.80. The van der Waals surface area contributed by atoms with E-state index in [4.69, 9.17) is 0 Å². The van der Waals surface area contributed by atoms with Crippen LogP contribution in [0, 0.1) is 5.92 Å². The van der Waals surface area contributed by atoms with Crippen molar-refractivity contribution in [1.82, 2.24) is 25.0 Å². The summed E-state index contributed by atoms with van der Waals surface area (Å²) in [6.45, 7) is 3.31. The summed E-state index contributed by atoms with van der Waals surface area (Å²) in [5.41, 5.74) is 0. The van der Waals surface area contributed by atoms with Gasteiger partial charge in [-0.1, -0.05) is 6.92 Å². The second-order valence-corrected chi connectivity index (χ2v) is 5.48. The van der Waals surface area contributed by atoms with Gasteiger partial charge in [0.05, 0.1) is 6.54 Å². The number of nitrogens with one attached hydrogen (secondary N) is 1. The van der Waals surface area contributed by atoms with Gasteiger partial charge in [0.25, 0.3) is 0 Å². The van der Waals surface area contributed by atoms with Gasteiger partial charge in [-0.15, -0.1) is 0 Å². The van der Waals surface area contributed by atoms with Crippen LogP contribution in [0.3, 0.4) is 0 Å². The van der Waals surface area contributed by atoms with Gasteiger partial charge in [0.15, 0.2) is 0 Å². The van der Waals surface area contributed by atoms with Crippen LogP contribution in [0.5, 0.6) is 0 Å². The predicted molar refractivity (Wildman–Crippen MR) is 70.4 cm³/mol. The highest BCUT2D eigenvalue weighted by Crippen LogP contribution is 2.34. The Kier molecular flexibility index (Phi) is 3.42. The monoisotopic (exact) mass is 277 g/mol. The molecule has 1 atom stereocenters. The number of amides is 2. The molecule has 0 bridgehead atoms. The van der Waals surface area contributed by atoms with Crippen molar-refractivity contribution >= 4 is 11.8 Å². The number of rotatable bonds is 5. The van der Waals surface area contributed by atoms with Gasteiger partial charge in [0.1, 0.15) is 24.7 Å². The molecule has 2 amide bonds. The molecule has 1 aromatic heterocycles. The maximum absolute atomic E-state index is 12.4. The first-order valence-corrected chi connectivity index (χ1v) is 7.14. The first kappa shape index (κ1) is 13.1. The van der Waals surface area contributed by atoms with E-state index in [1.54, 1.807) is 9.58 Å². The van der Waals surface area contributed by atoms with Crippen LogP contribution in [0.25, 0.3) is 0 Å². The highest BCUT2D eigenvalue weighted by molar-refractivity contribution is 5.95. The van der Waals surface area contributed by atoms with E-state index < -0.39 is 0 Å². The van der Waals surface area contributed by atoms with Crippen molar-refractivity contribution < 1.29 is 9.59 Å². The standard InChI is InChI=1S/C13H19N5O2/c1-2-5-18-10(14-8-15-18)6-17-7-11(19)16-12(13(17)20)9-3-4-9/h8-9,12H,2-7H2,1H3,(H,16,19). The number of hydrogen-bond donors (Lipinski definition) is 1. The van der Waals surface area contributed by atoms with Crippen molar-refractivity contribution in [2.24, 2.45) is 5.92 Å².